The van der Waals surface area contributed by atoms with Crippen molar-refractivity contribution in [2.24, 2.45) is 0 Å². The lowest BCUT2D eigenvalue weighted by molar-refractivity contribution is 0.104. The topological polar surface area (TPSA) is 36.5 Å². The average molecular weight is 227 g/mol. The Morgan fingerprint density at radius 3 is 2.88 bits per heavy atom. The van der Waals surface area contributed by atoms with Crippen molar-refractivity contribution in [3.05, 3.63) is 0 Å². The minimum absolute atomic E-state index is 0.534. The van der Waals surface area contributed by atoms with E-state index in [1.54, 1.807) is 0 Å². The van der Waals surface area contributed by atoms with E-state index in [9.17, 15) is 0 Å². The Morgan fingerprint density at radius 2 is 2.12 bits per heavy atom. The largest absolute Gasteiger partial charge is 0.378 e. The van der Waals surface area contributed by atoms with E-state index in [2.05, 4.69) is 15.5 Å². The molecule has 2 aliphatic heterocycles. The third-order valence-electron chi connectivity index (χ3n) is 3.48. The molecule has 2 saturated heterocycles. The summed E-state index contributed by atoms with van der Waals surface area (Å²) in [5.41, 5.74) is 0. The summed E-state index contributed by atoms with van der Waals surface area (Å²) in [4.78, 5) is 2.52. The van der Waals surface area contributed by atoms with E-state index < -0.39 is 0 Å². The van der Waals surface area contributed by atoms with Crippen LogP contribution in [0.3, 0.4) is 0 Å². The van der Waals surface area contributed by atoms with Gasteiger partial charge in [0.15, 0.2) is 0 Å². The van der Waals surface area contributed by atoms with Gasteiger partial charge in [0, 0.05) is 45.9 Å². The van der Waals surface area contributed by atoms with Crippen LogP contribution < -0.4 is 10.6 Å². The Hall–Kier alpha value is -0.160. The fourth-order valence-electron chi connectivity index (χ4n) is 2.43. The molecule has 4 heteroatoms. The van der Waals surface area contributed by atoms with Gasteiger partial charge in [-0.1, -0.05) is 0 Å². The van der Waals surface area contributed by atoms with Crippen molar-refractivity contribution in [3.8, 4) is 0 Å². The standard InChI is InChI=1S/C12H25N3O/c1-2-12(16-11-1)3-4-13-5-8-15-9-6-14-7-10-15/h12-14H,1-11H2. The zero-order valence-corrected chi connectivity index (χ0v) is 10.2. The van der Waals surface area contributed by atoms with Gasteiger partial charge in [0.1, 0.15) is 0 Å². The van der Waals surface area contributed by atoms with Crippen LogP contribution in [0.1, 0.15) is 19.3 Å². The number of nitrogens with zero attached hydrogens (tertiary/aromatic N) is 1. The minimum atomic E-state index is 0.534. The fraction of sp³-hybridized carbons (Fsp3) is 1.00. The highest BCUT2D eigenvalue weighted by Crippen LogP contribution is 2.14. The van der Waals surface area contributed by atoms with Gasteiger partial charge in [-0.05, 0) is 25.8 Å². The summed E-state index contributed by atoms with van der Waals surface area (Å²) < 4.78 is 5.59. The Labute approximate surface area is 98.7 Å². The van der Waals surface area contributed by atoms with Crippen molar-refractivity contribution in [2.75, 3.05) is 52.4 Å². The van der Waals surface area contributed by atoms with E-state index in [1.807, 2.05) is 0 Å². The first-order chi connectivity index (χ1) is 7.95. The molecule has 0 saturated carbocycles. The molecule has 0 aromatic carbocycles. The molecule has 0 aliphatic carbocycles. The molecule has 1 unspecified atom stereocenters. The van der Waals surface area contributed by atoms with Gasteiger partial charge >= 0.3 is 0 Å². The van der Waals surface area contributed by atoms with Crippen LogP contribution in [0.4, 0.5) is 0 Å². The summed E-state index contributed by atoms with van der Waals surface area (Å²) in [6.07, 6.45) is 4.23. The van der Waals surface area contributed by atoms with Gasteiger partial charge in [-0.2, -0.15) is 0 Å². The molecule has 94 valence electrons. The second-order valence-electron chi connectivity index (χ2n) is 4.77. The van der Waals surface area contributed by atoms with Crippen LogP contribution in [0.2, 0.25) is 0 Å². The molecule has 0 radical (unpaired) electrons. The van der Waals surface area contributed by atoms with Crippen LogP contribution in [0, 0.1) is 0 Å². The molecular weight excluding hydrogens is 202 g/mol. The van der Waals surface area contributed by atoms with Crippen LogP contribution in [-0.2, 0) is 4.74 Å². The van der Waals surface area contributed by atoms with Crippen molar-refractivity contribution < 1.29 is 4.74 Å². The van der Waals surface area contributed by atoms with E-state index in [0.717, 1.165) is 32.8 Å². The molecule has 2 aliphatic rings. The summed E-state index contributed by atoms with van der Waals surface area (Å²) in [6.45, 7) is 9.09. The second-order valence-corrected chi connectivity index (χ2v) is 4.77. The highest BCUT2D eigenvalue weighted by Gasteiger charge is 2.14. The number of ether oxygens (including phenoxy) is 1. The molecule has 2 fully saturated rings. The van der Waals surface area contributed by atoms with Crippen LogP contribution >= 0.6 is 0 Å². The third kappa shape index (κ3) is 4.37. The van der Waals surface area contributed by atoms with Crippen molar-refractivity contribution in [3.63, 3.8) is 0 Å². The van der Waals surface area contributed by atoms with Crippen molar-refractivity contribution in [1.29, 1.82) is 0 Å². The molecule has 1 atom stereocenters. The monoisotopic (exact) mass is 227 g/mol. The summed E-state index contributed by atoms with van der Waals surface area (Å²) >= 11 is 0. The Morgan fingerprint density at radius 1 is 1.25 bits per heavy atom. The molecule has 0 spiro atoms. The number of hydrogen-bond acceptors (Lipinski definition) is 4. The Kier molecular flexibility index (Phi) is 5.55. The maximum absolute atomic E-state index is 5.59. The van der Waals surface area contributed by atoms with Gasteiger partial charge in [-0.3, -0.25) is 4.90 Å². The van der Waals surface area contributed by atoms with Crippen molar-refractivity contribution in [2.45, 2.75) is 25.4 Å². The van der Waals surface area contributed by atoms with Gasteiger partial charge in [0.25, 0.3) is 0 Å². The molecule has 0 aromatic heterocycles. The zero-order chi connectivity index (χ0) is 11.1. The van der Waals surface area contributed by atoms with Gasteiger partial charge in [-0.25, -0.2) is 0 Å². The quantitative estimate of drug-likeness (QED) is 0.629. The first-order valence-corrected chi connectivity index (χ1v) is 6.70. The first kappa shape index (κ1) is 12.3. The maximum Gasteiger partial charge on any atom is 0.0588 e. The number of rotatable bonds is 6. The van der Waals surface area contributed by atoms with E-state index in [0.29, 0.717) is 6.10 Å². The van der Waals surface area contributed by atoms with Gasteiger partial charge in [0.05, 0.1) is 6.10 Å². The van der Waals surface area contributed by atoms with E-state index in [-0.39, 0.29) is 0 Å². The molecule has 0 amide bonds. The molecule has 2 heterocycles. The number of piperazine rings is 1. The highest BCUT2D eigenvalue weighted by atomic mass is 16.5. The van der Waals surface area contributed by atoms with Crippen molar-refractivity contribution in [1.82, 2.24) is 15.5 Å². The predicted molar refractivity (Wildman–Crippen MR) is 65.8 cm³/mol. The zero-order valence-electron chi connectivity index (χ0n) is 10.2. The van der Waals surface area contributed by atoms with Crippen molar-refractivity contribution >= 4 is 0 Å². The molecule has 16 heavy (non-hydrogen) atoms. The van der Waals surface area contributed by atoms with Crippen LogP contribution in [-0.4, -0.2) is 63.4 Å². The maximum atomic E-state index is 5.59. The minimum Gasteiger partial charge on any atom is -0.378 e. The predicted octanol–water partition coefficient (Wildman–Crippen LogP) is 0.0503. The summed E-state index contributed by atoms with van der Waals surface area (Å²) in [5.74, 6) is 0. The second kappa shape index (κ2) is 7.22. The normalized spacial score (nSPS) is 27.4. The molecule has 2 rings (SSSR count). The van der Waals surface area contributed by atoms with E-state index in [4.69, 9.17) is 4.74 Å². The summed E-state index contributed by atoms with van der Waals surface area (Å²) in [6, 6.07) is 0. The lowest BCUT2D eigenvalue weighted by Crippen LogP contribution is -2.45. The van der Waals surface area contributed by atoms with Gasteiger partial charge in [-0.15, -0.1) is 0 Å². The lowest BCUT2D eigenvalue weighted by Gasteiger charge is -2.27. The summed E-state index contributed by atoms with van der Waals surface area (Å²) in [7, 11) is 0. The number of nitrogens with one attached hydrogen (secondary N) is 2. The van der Waals surface area contributed by atoms with E-state index >= 15 is 0 Å². The third-order valence-corrected chi connectivity index (χ3v) is 3.48. The van der Waals surface area contributed by atoms with Gasteiger partial charge in [0.2, 0.25) is 0 Å². The molecule has 4 nitrogen and oxygen atoms in total. The van der Waals surface area contributed by atoms with E-state index in [1.165, 1.54) is 38.9 Å². The molecular formula is C12H25N3O. The van der Waals surface area contributed by atoms with Crippen LogP contribution in [0.15, 0.2) is 0 Å². The highest BCUT2D eigenvalue weighted by molar-refractivity contribution is 4.69. The SMILES string of the molecule is C1COC(CCNCCN2CCNCC2)C1. The van der Waals surface area contributed by atoms with Crippen LogP contribution in [0.5, 0.6) is 0 Å². The number of hydrogen-bond donors (Lipinski definition) is 2. The molecule has 0 bridgehead atoms. The molecule has 0 aromatic rings. The fourth-order valence-corrected chi connectivity index (χ4v) is 2.43. The average Bonchev–Trinajstić information content (AvgIpc) is 2.83. The Balaban J connectivity index is 1.42. The lowest BCUT2D eigenvalue weighted by atomic mass is 10.2. The Bertz CT molecular complexity index is 177. The first-order valence-electron chi connectivity index (χ1n) is 6.70. The van der Waals surface area contributed by atoms with Crippen LogP contribution in [0.25, 0.3) is 0 Å². The summed E-state index contributed by atoms with van der Waals surface area (Å²) in [5, 5.41) is 6.89. The molecule has 2 N–H and O–H groups in total. The smallest absolute Gasteiger partial charge is 0.0588 e. The van der Waals surface area contributed by atoms with Gasteiger partial charge < -0.3 is 15.4 Å².